The van der Waals surface area contributed by atoms with Gasteiger partial charge in [0.05, 0.1) is 16.1 Å². The normalized spacial score (nSPS) is 10.3. The van der Waals surface area contributed by atoms with Crippen LogP contribution >= 0.6 is 43.2 Å². The van der Waals surface area contributed by atoms with Gasteiger partial charge in [0.1, 0.15) is 0 Å². The van der Waals surface area contributed by atoms with Crippen molar-refractivity contribution in [3.8, 4) is 0 Å². The van der Waals surface area contributed by atoms with E-state index in [1.54, 1.807) is 6.07 Å². The van der Waals surface area contributed by atoms with Crippen molar-refractivity contribution in [3.05, 3.63) is 48.5 Å². The number of halogens is 2. The average Bonchev–Trinajstić information content (AvgIpc) is 2.78. The van der Waals surface area contributed by atoms with E-state index in [-0.39, 0.29) is 17.2 Å². The van der Waals surface area contributed by atoms with Crippen molar-refractivity contribution in [2.24, 2.45) is 0 Å². The summed E-state index contributed by atoms with van der Waals surface area (Å²) in [7, 11) is 0. The molecule has 0 spiro atoms. The number of aryl methyl sites for hydroxylation is 1. The van der Waals surface area contributed by atoms with Crippen LogP contribution in [0.3, 0.4) is 0 Å². The van der Waals surface area contributed by atoms with Gasteiger partial charge in [0, 0.05) is 8.95 Å². The highest BCUT2D eigenvalue weighted by atomic mass is 79.9. The average molecular weight is 419 g/mol. The number of carbonyl (C=O) groups is 2. The van der Waals surface area contributed by atoms with Gasteiger partial charge >= 0.3 is 5.97 Å². The molecule has 0 saturated carbocycles. The summed E-state index contributed by atoms with van der Waals surface area (Å²) in [6.07, 6.45) is 0. The second-order valence-electron chi connectivity index (χ2n) is 4.00. The van der Waals surface area contributed by atoms with Crippen molar-refractivity contribution < 1.29 is 14.7 Å². The summed E-state index contributed by atoms with van der Waals surface area (Å²) in [6, 6.07) is 4.97. The molecule has 7 heteroatoms. The Kier molecular flexibility index (Phi) is 4.62. The molecule has 0 bridgehead atoms. The van der Waals surface area contributed by atoms with Gasteiger partial charge in [0.2, 0.25) is 0 Å². The Hall–Kier alpha value is -1.18. The molecule has 2 rings (SSSR count). The van der Waals surface area contributed by atoms with Crippen LogP contribution in [0.5, 0.6) is 0 Å². The van der Waals surface area contributed by atoms with Gasteiger partial charge in [0.15, 0.2) is 0 Å². The Balaban J connectivity index is 2.41. The maximum atomic E-state index is 12.2. The van der Waals surface area contributed by atoms with Gasteiger partial charge in [-0.05, 0) is 52.0 Å². The van der Waals surface area contributed by atoms with Gasteiger partial charge in [-0.2, -0.15) is 0 Å². The SMILES string of the molecule is Cc1ccsc1C(=O)Nc1c(Br)cc(Br)cc1C(=O)O. The Labute approximate surface area is 136 Å². The number of carbonyl (C=O) groups excluding carboxylic acids is 1. The first kappa shape index (κ1) is 15.2. The third-order valence-corrected chi connectivity index (χ3v) is 4.69. The second-order valence-corrected chi connectivity index (χ2v) is 6.69. The van der Waals surface area contributed by atoms with E-state index in [4.69, 9.17) is 0 Å². The molecular weight excluding hydrogens is 410 g/mol. The highest BCUT2D eigenvalue weighted by Gasteiger charge is 2.19. The number of hydrogen-bond donors (Lipinski definition) is 2. The topological polar surface area (TPSA) is 66.4 Å². The van der Waals surface area contributed by atoms with Crippen LogP contribution in [0.25, 0.3) is 0 Å². The summed E-state index contributed by atoms with van der Waals surface area (Å²) in [5, 5.41) is 13.7. The molecule has 0 aliphatic rings. The Morgan fingerprint density at radius 2 is 2.00 bits per heavy atom. The number of carboxylic acids is 1. The summed E-state index contributed by atoms with van der Waals surface area (Å²) in [5.74, 6) is -1.42. The molecule has 2 N–H and O–H groups in total. The molecule has 0 unspecified atom stereocenters. The van der Waals surface area contributed by atoms with Gasteiger partial charge in [-0.15, -0.1) is 11.3 Å². The molecule has 1 amide bonds. The number of carboxylic acid groups (broad SMARTS) is 1. The van der Waals surface area contributed by atoms with Crippen LogP contribution in [-0.4, -0.2) is 17.0 Å². The zero-order valence-electron chi connectivity index (χ0n) is 10.2. The molecule has 0 aliphatic carbocycles. The zero-order chi connectivity index (χ0) is 14.9. The zero-order valence-corrected chi connectivity index (χ0v) is 14.2. The smallest absolute Gasteiger partial charge is 0.337 e. The molecule has 0 aliphatic heterocycles. The maximum absolute atomic E-state index is 12.2. The molecule has 0 radical (unpaired) electrons. The van der Waals surface area contributed by atoms with Crippen LogP contribution < -0.4 is 5.32 Å². The number of nitrogens with one attached hydrogen (secondary N) is 1. The minimum atomic E-state index is -1.11. The van der Waals surface area contributed by atoms with Crippen molar-refractivity contribution >= 4 is 60.8 Å². The molecule has 1 aromatic heterocycles. The van der Waals surface area contributed by atoms with E-state index in [9.17, 15) is 14.7 Å². The molecule has 0 atom stereocenters. The van der Waals surface area contributed by atoms with Gasteiger partial charge < -0.3 is 10.4 Å². The largest absolute Gasteiger partial charge is 0.478 e. The van der Waals surface area contributed by atoms with E-state index >= 15 is 0 Å². The van der Waals surface area contributed by atoms with Gasteiger partial charge in [-0.3, -0.25) is 4.79 Å². The number of thiophene rings is 1. The third kappa shape index (κ3) is 3.11. The first-order valence-corrected chi connectivity index (χ1v) is 7.94. The van der Waals surface area contributed by atoms with Crippen LogP contribution in [0.2, 0.25) is 0 Å². The number of hydrogen-bond acceptors (Lipinski definition) is 3. The minimum absolute atomic E-state index is 0.0220. The molecule has 0 saturated heterocycles. The fourth-order valence-electron chi connectivity index (χ4n) is 1.64. The van der Waals surface area contributed by atoms with Crippen LogP contribution in [0.15, 0.2) is 32.5 Å². The Morgan fingerprint density at radius 1 is 1.30 bits per heavy atom. The van der Waals surface area contributed by atoms with E-state index < -0.39 is 5.97 Å². The first-order valence-electron chi connectivity index (χ1n) is 5.48. The fraction of sp³-hybridized carbons (Fsp3) is 0.0769. The lowest BCUT2D eigenvalue weighted by atomic mass is 10.1. The van der Waals surface area contributed by atoms with Crippen molar-refractivity contribution in [1.29, 1.82) is 0 Å². The van der Waals surface area contributed by atoms with Crippen molar-refractivity contribution in [1.82, 2.24) is 0 Å². The first-order chi connectivity index (χ1) is 9.40. The molecule has 20 heavy (non-hydrogen) atoms. The number of benzene rings is 1. The standard InChI is InChI=1S/C13H9Br2NO3S/c1-6-2-3-20-11(6)12(17)16-10-8(13(18)19)4-7(14)5-9(10)15/h2-5H,1H3,(H,16,17)(H,18,19). The van der Waals surface area contributed by atoms with E-state index in [1.165, 1.54) is 17.4 Å². The van der Waals surface area contributed by atoms with E-state index in [1.807, 2.05) is 18.4 Å². The van der Waals surface area contributed by atoms with E-state index in [2.05, 4.69) is 37.2 Å². The van der Waals surface area contributed by atoms with Crippen molar-refractivity contribution in [3.63, 3.8) is 0 Å². The van der Waals surface area contributed by atoms with Crippen molar-refractivity contribution in [2.45, 2.75) is 6.92 Å². The molecule has 104 valence electrons. The van der Waals surface area contributed by atoms with Gasteiger partial charge in [-0.1, -0.05) is 15.9 Å². The second kappa shape index (κ2) is 6.07. The number of rotatable bonds is 3. The van der Waals surface area contributed by atoms with Crippen LogP contribution in [-0.2, 0) is 0 Å². The van der Waals surface area contributed by atoms with Gasteiger partial charge in [0.25, 0.3) is 5.91 Å². The fourth-order valence-corrected chi connectivity index (χ4v) is 3.79. The Bertz CT molecular complexity index is 697. The van der Waals surface area contributed by atoms with E-state index in [0.29, 0.717) is 13.8 Å². The summed E-state index contributed by atoms with van der Waals surface area (Å²) in [5.41, 5.74) is 1.13. The van der Waals surface area contributed by atoms with Crippen molar-refractivity contribution in [2.75, 3.05) is 5.32 Å². The highest BCUT2D eigenvalue weighted by Crippen LogP contribution is 2.31. The lowest BCUT2D eigenvalue weighted by Gasteiger charge is -2.11. The monoisotopic (exact) mass is 417 g/mol. The summed E-state index contributed by atoms with van der Waals surface area (Å²) in [6.45, 7) is 1.83. The number of aromatic carboxylic acids is 1. The molecular formula is C13H9Br2NO3S. The van der Waals surface area contributed by atoms with Gasteiger partial charge in [-0.25, -0.2) is 4.79 Å². The molecule has 1 aromatic carbocycles. The molecule has 0 fully saturated rings. The summed E-state index contributed by atoms with van der Waals surface area (Å²) in [4.78, 5) is 24.0. The van der Waals surface area contributed by atoms with Crippen LogP contribution in [0.4, 0.5) is 5.69 Å². The minimum Gasteiger partial charge on any atom is -0.478 e. The Morgan fingerprint density at radius 3 is 2.55 bits per heavy atom. The summed E-state index contributed by atoms with van der Waals surface area (Å²) < 4.78 is 1.12. The number of anilines is 1. The van der Waals surface area contributed by atoms with E-state index in [0.717, 1.165) is 5.56 Å². The van der Waals surface area contributed by atoms with Crippen LogP contribution in [0.1, 0.15) is 25.6 Å². The summed E-state index contributed by atoms with van der Waals surface area (Å²) >= 11 is 7.82. The molecule has 1 heterocycles. The lowest BCUT2D eigenvalue weighted by Crippen LogP contribution is -2.15. The predicted octanol–water partition coefficient (Wildman–Crippen LogP) is 4.53. The predicted molar refractivity (Wildman–Crippen MR) is 85.8 cm³/mol. The molecule has 4 nitrogen and oxygen atoms in total. The third-order valence-electron chi connectivity index (χ3n) is 2.59. The lowest BCUT2D eigenvalue weighted by molar-refractivity contribution is 0.0698. The maximum Gasteiger partial charge on any atom is 0.337 e. The molecule has 2 aromatic rings. The van der Waals surface area contributed by atoms with Crippen LogP contribution in [0, 0.1) is 6.92 Å². The highest BCUT2D eigenvalue weighted by molar-refractivity contribution is 9.11. The number of amides is 1. The quantitative estimate of drug-likeness (QED) is 0.769.